The third-order valence-corrected chi connectivity index (χ3v) is 4.58. The van der Waals surface area contributed by atoms with Gasteiger partial charge in [0.25, 0.3) is 0 Å². The maximum absolute atomic E-state index is 11.4. The quantitative estimate of drug-likeness (QED) is 0.589. The Labute approximate surface area is 89.0 Å². The molecule has 0 aliphatic heterocycles. The van der Waals surface area contributed by atoms with E-state index < -0.39 is 9.84 Å². The zero-order valence-corrected chi connectivity index (χ0v) is 10.6. The lowest BCUT2D eigenvalue weighted by Crippen LogP contribution is -2.17. The second-order valence-electron chi connectivity index (χ2n) is 3.97. The molecule has 0 aliphatic rings. The maximum Gasteiger partial charge on any atom is 0.150 e. The Morgan fingerprint density at radius 3 is 2.14 bits per heavy atom. The second kappa shape index (κ2) is 7.27. The van der Waals surface area contributed by atoms with Gasteiger partial charge in [-0.1, -0.05) is 46.5 Å². The van der Waals surface area contributed by atoms with Gasteiger partial charge in [-0.3, -0.25) is 0 Å². The van der Waals surface area contributed by atoms with Crippen molar-refractivity contribution in [2.24, 2.45) is 5.92 Å². The molecule has 0 aromatic heterocycles. The topological polar surface area (TPSA) is 34.1 Å². The fourth-order valence-electron chi connectivity index (χ4n) is 1.57. The van der Waals surface area contributed by atoms with Crippen LogP contribution in [-0.2, 0) is 9.84 Å². The summed E-state index contributed by atoms with van der Waals surface area (Å²) < 4.78 is 22.8. The van der Waals surface area contributed by atoms with Crippen LogP contribution >= 0.6 is 0 Å². The van der Waals surface area contributed by atoms with Crippen molar-refractivity contribution < 1.29 is 8.42 Å². The standard InChI is InChI=1S/C11H24O2S/c1-4-7-8-9-11(5-2)10-14(12,13)6-3/h11H,4-10H2,1-3H3. The summed E-state index contributed by atoms with van der Waals surface area (Å²) >= 11 is 0. The molecule has 1 atom stereocenters. The zero-order valence-electron chi connectivity index (χ0n) is 9.75. The monoisotopic (exact) mass is 220 g/mol. The Bertz CT molecular complexity index is 219. The highest BCUT2D eigenvalue weighted by Crippen LogP contribution is 2.16. The van der Waals surface area contributed by atoms with E-state index in [1.54, 1.807) is 6.92 Å². The number of rotatable bonds is 8. The summed E-state index contributed by atoms with van der Waals surface area (Å²) in [5.41, 5.74) is 0. The fourth-order valence-corrected chi connectivity index (χ4v) is 2.92. The number of sulfone groups is 1. The minimum absolute atomic E-state index is 0.289. The van der Waals surface area contributed by atoms with Gasteiger partial charge in [-0.15, -0.1) is 0 Å². The molecule has 0 saturated carbocycles. The van der Waals surface area contributed by atoms with E-state index >= 15 is 0 Å². The van der Waals surface area contributed by atoms with Crippen LogP contribution in [0.25, 0.3) is 0 Å². The van der Waals surface area contributed by atoms with Gasteiger partial charge in [0, 0.05) is 5.75 Å². The molecule has 0 N–H and O–H groups in total. The molecule has 0 aromatic rings. The van der Waals surface area contributed by atoms with Crippen molar-refractivity contribution in [2.75, 3.05) is 11.5 Å². The summed E-state index contributed by atoms with van der Waals surface area (Å²) in [5, 5.41) is 0. The molecule has 0 aliphatic carbocycles. The van der Waals surface area contributed by atoms with E-state index in [-0.39, 0.29) is 5.75 Å². The predicted octanol–water partition coefficient (Wildman–Crippen LogP) is 3.03. The van der Waals surface area contributed by atoms with E-state index in [1.807, 2.05) is 0 Å². The van der Waals surface area contributed by atoms with Gasteiger partial charge in [0.05, 0.1) is 5.75 Å². The highest BCUT2D eigenvalue weighted by atomic mass is 32.2. The van der Waals surface area contributed by atoms with Crippen LogP contribution in [0.2, 0.25) is 0 Å². The zero-order chi connectivity index (χ0) is 11.0. The molecule has 14 heavy (non-hydrogen) atoms. The van der Waals surface area contributed by atoms with Crippen LogP contribution in [0, 0.1) is 5.92 Å². The van der Waals surface area contributed by atoms with Gasteiger partial charge >= 0.3 is 0 Å². The smallest absolute Gasteiger partial charge is 0.150 e. The SMILES string of the molecule is CCCCCC(CC)CS(=O)(=O)CC. The van der Waals surface area contributed by atoms with Crippen molar-refractivity contribution in [1.82, 2.24) is 0 Å². The van der Waals surface area contributed by atoms with Crippen molar-refractivity contribution in [3.8, 4) is 0 Å². The lowest BCUT2D eigenvalue weighted by molar-refractivity contribution is 0.476. The number of hydrogen-bond donors (Lipinski definition) is 0. The van der Waals surface area contributed by atoms with Crippen LogP contribution in [0.5, 0.6) is 0 Å². The largest absolute Gasteiger partial charge is 0.229 e. The van der Waals surface area contributed by atoms with Gasteiger partial charge in [0.15, 0.2) is 0 Å². The van der Waals surface area contributed by atoms with E-state index in [4.69, 9.17) is 0 Å². The minimum Gasteiger partial charge on any atom is -0.229 e. The molecule has 0 saturated heterocycles. The summed E-state index contributed by atoms with van der Waals surface area (Å²) in [7, 11) is -2.77. The molecular weight excluding hydrogens is 196 g/mol. The van der Waals surface area contributed by atoms with E-state index in [1.165, 1.54) is 19.3 Å². The molecule has 0 fully saturated rings. The molecule has 0 radical (unpaired) electrons. The molecular formula is C11H24O2S. The Balaban J connectivity index is 3.91. The Morgan fingerprint density at radius 2 is 1.71 bits per heavy atom. The van der Waals surface area contributed by atoms with Crippen LogP contribution in [0.3, 0.4) is 0 Å². The summed E-state index contributed by atoms with van der Waals surface area (Å²) in [4.78, 5) is 0. The van der Waals surface area contributed by atoms with Crippen molar-refractivity contribution in [1.29, 1.82) is 0 Å². The first-order valence-corrected chi connectivity index (χ1v) is 7.58. The Hall–Kier alpha value is -0.0500. The highest BCUT2D eigenvalue weighted by molar-refractivity contribution is 7.91. The van der Waals surface area contributed by atoms with E-state index in [0.717, 1.165) is 12.8 Å². The lowest BCUT2D eigenvalue weighted by Gasteiger charge is -2.13. The van der Waals surface area contributed by atoms with Crippen molar-refractivity contribution >= 4 is 9.84 Å². The van der Waals surface area contributed by atoms with Crippen molar-refractivity contribution in [2.45, 2.75) is 52.9 Å². The molecule has 0 rings (SSSR count). The third kappa shape index (κ3) is 6.41. The lowest BCUT2D eigenvalue weighted by atomic mass is 10.0. The van der Waals surface area contributed by atoms with Gasteiger partial charge in [0.2, 0.25) is 0 Å². The maximum atomic E-state index is 11.4. The first kappa shape index (κ1) is 13.9. The van der Waals surface area contributed by atoms with Gasteiger partial charge in [-0.05, 0) is 12.3 Å². The number of hydrogen-bond acceptors (Lipinski definition) is 2. The van der Waals surface area contributed by atoms with Crippen LogP contribution in [0.1, 0.15) is 52.9 Å². The van der Waals surface area contributed by atoms with E-state index in [9.17, 15) is 8.42 Å². The Kier molecular flexibility index (Phi) is 7.24. The predicted molar refractivity (Wildman–Crippen MR) is 62.3 cm³/mol. The van der Waals surface area contributed by atoms with Gasteiger partial charge in [-0.2, -0.15) is 0 Å². The van der Waals surface area contributed by atoms with Gasteiger partial charge in [0.1, 0.15) is 9.84 Å². The first-order valence-electron chi connectivity index (χ1n) is 5.76. The average Bonchev–Trinajstić information content (AvgIpc) is 2.16. The highest BCUT2D eigenvalue weighted by Gasteiger charge is 2.15. The molecule has 86 valence electrons. The van der Waals surface area contributed by atoms with Crippen LogP contribution < -0.4 is 0 Å². The molecule has 0 bridgehead atoms. The van der Waals surface area contributed by atoms with Crippen molar-refractivity contribution in [3.05, 3.63) is 0 Å². The average molecular weight is 220 g/mol. The van der Waals surface area contributed by atoms with Gasteiger partial charge < -0.3 is 0 Å². The van der Waals surface area contributed by atoms with E-state index in [0.29, 0.717) is 11.7 Å². The molecule has 2 nitrogen and oxygen atoms in total. The molecule has 1 unspecified atom stereocenters. The normalized spacial score (nSPS) is 14.2. The molecule has 0 spiro atoms. The number of unbranched alkanes of at least 4 members (excludes halogenated alkanes) is 2. The molecule has 0 aromatic carbocycles. The fraction of sp³-hybridized carbons (Fsp3) is 1.00. The van der Waals surface area contributed by atoms with Crippen LogP contribution in [0.4, 0.5) is 0 Å². The van der Waals surface area contributed by atoms with Gasteiger partial charge in [-0.25, -0.2) is 8.42 Å². The summed E-state index contributed by atoms with van der Waals surface area (Å²) in [6.07, 6.45) is 5.67. The summed E-state index contributed by atoms with van der Waals surface area (Å²) in [5.74, 6) is 1.06. The first-order chi connectivity index (χ1) is 6.55. The molecule has 0 heterocycles. The minimum atomic E-state index is -2.77. The Morgan fingerprint density at radius 1 is 1.07 bits per heavy atom. The van der Waals surface area contributed by atoms with Crippen LogP contribution in [0.15, 0.2) is 0 Å². The van der Waals surface area contributed by atoms with Crippen LogP contribution in [-0.4, -0.2) is 19.9 Å². The van der Waals surface area contributed by atoms with Crippen molar-refractivity contribution in [3.63, 3.8) is 0 Å². The molecule has 0 amide bonds. The summed E-state index contributed by atoms with van der Waals surface area (Å²) in [6, 6.07) is 0. The summed E-state index contributed by atoms with van der Waals surface area (Å²) in [6.45, 7) is 5.99. The molecule has 3 heteroatoms. The second-order valence-corrected chi connectivity index (χ2v) is 6.37. The van der Waals surface area contributed by atoms with E-state index in [2.05, 4.69) is 13.8 Å². The third-order valence-electron chi connectivity index (χ3n) is 2.72.